The first-order valence-electron chi connectivity index (χ1n) is 8.72. The molecule has 4 heteroatoms. The highest BCUT2D eigenvalue weighted by atomic mass is 32.2. The van der Waals surface area contributed by atoms with E-state index >= 15 is 0 Å². The van der Waals surface area contributed by atoms with Crippen LogP contribution in [0.1, 0.15) is 72.6 Å². The van der Waals surface area contributed by atoms with Crippen LogP contribution >= 0.6 is 0 Å². The summed E-state index contributed by atoms with van der Waals surface area (Å²) in [6.45, 7) is 9.58. The van der Waals surface area contributed by atoms with Crippen molar-refractivity contribution in [3.05, 3.63) is 0 Å². The molecule has 2 rings (SSSR count). The quantitative estimate of drug-likeness (QED) is 0.863. The fraction of sp³-hybridized carbons (Fsp3) is 1.00. The minimum absolute atomic E-state index is 0.0960. The second kappa shape index (κ2) is 6.57. The minimum atomic E-state index is -3.02. The van der Waals surface area contributed by atoms with Gasteiger partial charge in [-0.1, -0.05) is 40.5 Å². The SMILES string of the molecule is CCNC1CCC(C)(C)CC1S(=O)(=O)C1CCCC(C)C1. The van der Waals surface area contributed by atoms with Gasteiger partial charge in [0.25, 0.3) is 0 Å². The van der Waals surface area contributed by atoms with Gasteiger partial charge in [-0.05, 0) is 50.0 Å². The third-order valence-electron chi connectivity index (χ3n) is 5.58. The number of hydrogen-bond donors (Lipinski definition) is 1. The Bertz CT molecular complexity index is 444. The largest absolute Gasteiger partial charge is 0.313 e. The van der Waals surface area contributed by atoms with Gasteiger partial charge in [-0.3, -0.25) is 0 Å². The highest BCUT2D eigenvalue weighted by Crippen LogP contribution is 2.41. The summed E-state index contributed by atoms with van der Waals surface area (Å²) in [7, 11) is -3.02. The van der Waals surface area contributed by atoms with Crippen molar-refractivity contribution in [2.24, 2.45) is 11.3 Å². The Hall–Kier alpha value is -0.0900. The Balaban J connectivity index is 2.21. The van der Waals surface area contributed by atoms with Gasteiger partial charge in [-0.25, -0.2) is 8.42 Å². The molecule has 2 saturated carbocycles. The van der Waals surface area contributed by atoms with Gasteiger partial charge in [0.1, 0.15) is 0 Å². The molecular formula is C17H33NO2S. The molecule has 4 unspecified atom stereocenters. The molecule has 0 amide bonds. The lowest BCUT2D eigenvalue weighted by Crippen LogP contribution is -2.52. The lowest BCUT2D eigenvalue weighted by Gasteiger charge is -2.42. The second-order valence-corrected chi connectivity index (χ2v) is 10.5. The second-order valence-electron chi connectivity index (χ2n) is 8.09. The van der Waals surface area contributed by atoms with Crippen LogP contribution in [-0.4, -0.2) is 31.5 Å². The van der Waals surface area contributed by atoms with E-state index in [4.69, 9.17) is 0 Å². The van der Waals surface area contributed by atoms with Crippen molar-refractivity contribution >= 4 is 9.84 Å². The number of rotatable bonds is 4. The molecule has 4 atom stereocenters. The number of nitrogens with one attached hydrogen (secondary N) is 1. The molecule has 0 aromatic rings. The molecule has 0 bridgehead atoms. The molecule has 21 heavy (non-hydrogen) atoms. The van der Waals surface area contributed by atoms with Gasteiger partial charge in [0.05, 0.1) is 10.5 Å². The third kappa shape index (κ3) is 4.01. The van der Waals surface area contributed by atoms with Crippen molar-refractivity contribution < 1.29 is 8.42 Å². The maximum atomic E-state index is 13.2. The van der Waals surface area contributed by atoms with Gasteiger partial charge in [-0.15, -0.1) is 0 Å². The van der Waals surface area contributed by atoms with Crippen molar-refractivity contribution in [1.82, 2.24) is 5.32 Å². The molecule has 2 aliphatic rings. The van der Waals surface area contributed by atoms with Crippen LogP contribution in [0, 0.1) is 11.3 Å². The Morgan fingerprint density at radius 2 is 1.90 bits per heavy atom. The van der Waals surface area contributed by atoms with E-state index < -0.39 is 9.84 Å². The van der Waals surface area contributed by atoms with Gasteiger partial charge < -0.3 is 5.32 Å². The molecule has 0 aromatic carbocycles. The van der Waals surface area contributed by atoms with Crippen molar-refractivity contribution in [1.29, 1.82) is 0 Å². The molecule has 3 nitrogen and oxygen atoms in total. The molecule has 0 radical (unpaired) electrons. The summed E-state index contributed by atoms with van der Waals surface area (Å²) in [6.07, 6.45) is 6.95. The molecule has 0 aliphatic heterocycles. The Morgan fingerprint density at radius 3 is 2.52 bits per heavy atom. The molecule has 2 fully saturated rings. The Kier molecular flexibility index (Phi) is 5.40. The van der Waals surface area contributed by atoms with Crippen molar-refractivity contribution in [3.8, 4) is 0 Å². The summed E-state index contributed by atoms with van der Waals surface area (Å²) in [4.78, 5) is 0. The Morgan fingerprint density at radius 1 is 1.19 bits per heavy atom. The zero-order valence-electron chi connectivity index (χ0n) is 14.2. The van der Waals surface area contributed by atoms with Gasteiger partial charge in [0.15, 0.2) is 9.84 Å². The average molecular weight is 316 g/mol. The first-order chi connectivity index (χ1) is 9.76. The monoisotopic (exact) mass is 315 g/mol. The van der Waals surface area contributed by atoms with Crippen LogP contribution in [0.5, 0.6) is 0 Å². The van der Waals surface area contributed by atoms with Crippen molar-refractivity contribution in [3.63, 3.8) is 0 Å². The number of sulfone groups is 1. The molecular weight excluding hydrogens is 282 g/mol. The van der Waals surface area contributed by atoms with E-state index in [1.165, 1.54) is 6.42 Å². The van der Waals surface area contributed by atoms with Gasteiger partial charge in [0, 0.05) is 6.04 Å². The normalized spacial score (nSPS) is 37.3. The molecule has 124 valence electrons. The van der Waals surface area contributed by atoms with Crippen LogP contribution in [0.3, 0.4) is 0 Å². The maximum absolute atomic E-state index is 13.2. The zero-order chi connectivity index (χ0) is 15.7. The highest BCUT2D eigenvalue weighted by molar-refractivity contribution is 7.92. The van der Waals surface area contributed by atoms with Crippen molar-refractivity contribution in [2.45, 2.75) is 89.2 Å². The zero-order valence-corrected chi connectivity index (χ0v) is 15.0. The van der Waals surface area contributed by atoms with E-state index in [1.54, 1.807) is 0 Å². The molecule has 1 N–H and O–H groups in total. The lowest BCUT2D eigenvalue weighted by molar-refractivity contribution is 0.208. The summed E-state index contributed by atoms with van der Waals surface area (Å²) in [5, 5.41) is 3.17. The molecule has 0 saturated heterocycles. The van der Waals surface area contributed by atoms with Crippen LogP contribution in [0.25, 0.3) is 0 Å². The average Bonchev–Trinajstić information content (AvgIpc) is 2.40. The molecule has 0 aromatic heterocycles. The first-order valence-corrected chi connectivity index (χ1v) is 10.3. The van der Waals surface area contributed by atoms with E-state index in [1.807, 2.05) is 0 Å². The third-order valence-corrected chi connectivity index (χ3v) is 8.27. The summed E-state index contributed by atoms with van der Waals surface area (Å²) in [5.74, 6) is 0.563. The van der Waals surface area contributed by atoms with Crippen LogP contribution in [0.15, 0.2) is 0 Å². The van der Waals surface area contributed by atoms with E-state index in [2.05, 4.69) is 33.0 Å². The van der Waals surface area contributed by atoms with E-state index in [0.29, 0.717) is 5.92 Å². The fourth-order valence-electron chi connectivity index (χ4n) is 4.29. The van der Waals surface area contributed by atoms with Gasteiger partial charge >= 0.3 is 0 Å². The summed E-state index contributed by atoms with van der Waals surface area (Å²) in [6, 6.07) is 0.158. The highest BCUT2D eigenvalue weighted by Gasteiger charge is 2.45. The predicted molar refractivity (Wildman–Crippen MR) is 89.2 cm³/mol. The topological polar surface area (TPSA) is 46.2 Å². The maximum Gasteiger partial charge on any atom is 0.157 e. The standard InChI is InChI=1S/C17H33NO2S/c1-5-18-15-9-10-17(3,4)12-16(15)21(19,20)14-8-6-7-13(2)11-14/h13-16,18H,5-12H2,1-4H3. The number of hydrogen-bond acceptors (Lipinski definition) is 3. The van der Waals surface area contributed by atoms with E-state index in [9.17, 15) is 8.42 Å². The fourth-order valence-corrected chi connectivity index (χ4v) is 7.25. The molecule has 2 aliphatic carbocycles. The van der Waals surface area contributed by atoms with E-state index in [-0.39, 0.29) is 22.0 Å². The van der Waals surface area contributed by atoms with Crippen LogP contribution in [0.4, 0.5) is 0 Å². The first kappa shape index (κ1) is 17.3. The van der Waals surface area contributed by atoms with Crippen LogP contribution in [-0.2, 0) is 9.84 Å². The molecule has 0 heterocycles. The predicted octanol–water partition coefficient (Wildman–Crippen LogP) is 3.54. The van der Waals surface area contributed by atoms with Gasteiger partial charge in [0.2, 0.25) is 0 Å². The lowest BCUT2D eigenvalue weighted by atomic mass is 9.75. The summed E-state index contributed by atoms with van der Waals surface area (Å²) >= 11 is 0. The minimum Gasteiger partial charge on any atom is -0.313 e. The molecule has 0 spiro atoms. The summed E-state index contributed by atoms with van der Waals surface area (Å²) < 4.78 is 26.4. The smallest absolute Gasteiger partial charge is 0.157 e. The van der Waals surface area contributed by atoms with Crippen LogP contribution in [0.2, 0.25) is 0 Å². The van der Waals surface area contributed by atoms with Crippen LogP contribution < -0.4 is 5.32 Å². The summed E-state index contributed by atoms with van der Waals surface area (Å²) in [5.41, 5.74) is 0.157. The Labute approximate surface area is 131 Å². The van der Waals surface area contributed by atoms with Crippen molar-refractivity contribution in [2.75, 3.05) is 6.54 Å². The van der Waals surface area contributed by atoms with Gasteiger partial charge in [-0.2, -0.15) is 0 Å². The van der Waals surface area contributed by atoms with E-state index in [0.717, 1.165) is 45.1 Å².